The van der Waals surface area contributed by atoms with Crippen LogP contribution < -0.4 is 9.80 Å². The molecule has 0 unspecified atom stereocenters. The Hall–Kier alpha value is -3.72. The van der Waals surface area contributed by atoms with E-state index in [2.05, 4.69) is 146 Å². The second-order valence-electron chi connectivity index (χ2n) is 8.11. The van der Waals surface area contributed by atoms with E-state index < -0.39 is 0 Å². The molecule has 1 aliphatic carbocycles. The molecule has 1 aliphatic rings. The molecule has 32 heavy (non-hydrogen) atoms. The quantitative estimate of drug-likeness (QED) is 0.412. The Bertz CT molecular complexity index is 981. The predicted octanol–water partition coefficient (Wildman–Crippen LogP) is 4.95. The average Bonchev–Trinajstić information content (AvgIpc) is 2.88. The fourth-order valence-electron chi connectivity index (χ4n) is 4.57. The van der Waals surface area contributed by atoms with E-state index in [1.54, 1.807) is 0 Å². The van der Waals surface area contributed by atoms with Crippen LogP contribution in [0.5, 0.6) is 0 Å². The summed E-state index contributed by atoms with van der Waals surface area (Å²) in [6.07, 6.45) is 9.47. The van der Waals surface area contributed by atoms with E-state index in [9.17, 15) is 0 Å². The maximum Gasteiger partial charge on any atom is 0.136 e. The standard InChI is InChI=1S/C30H26N2/c1-5-13-25(14-6-1)31(26-15-7-2-8-16-26)29-21-23-30(24-22-29)32(27-17-9-3-10-18-27)28-19-11-4-12-20-28/h1-24,29-30H/p+2. The highest BCUT2D eigenvalue weighted by molar-refractivity contribution is 5.41. The minimum atomic E-state index is 0.240. The molecule has 5 rings (SSSR count). The molecule has 156 valence electrons. The van der Waals surface area contributed by atoms with Crippen molar-refractivity contribution in [3.63, 3.8) is 0 Å². The highest BCUT2D eigenvalue weighted by Gasteiger charge is 2.29. The molecule has 0 aliphatic heterocycles. The van der Waals surface area contributed by atoms with Gasteiger partial charge in [-0.2, -0.15) is 0 Å². The van der Waals surface area contributed by atoms with Gasteiger partial charge in [0.05, 0.1) is 0 Å². The first-order chi connectivity index (χ1) is 15.9. The maximum atomic E-state index is 2.37. The minimum absolute atomic E-state index is 0.240. The third-order valence-corrected chi connectivity index (χ3v) is 6.06. The van der Waals surface area contributed by atoms with E-state index in [1.165, 1.54) is 32.5 Å². The monoisotopic (exact) mass is 416 g/mol. The van der Waals surface area contributed by atoms with Gasteiger partial charge in [-0.05, 0) is 72.8 Å². The molecule has 0 saturated carbocycles. The molecule has 0 spiro atoms. The first-order valence-corrected chi connectivity index (χ1v) is 11.2. The fraction of sp³-hybridized carbons (Fsp3) is 0.0667. The zero-order valence-corrected chi connectivity index (χ0v) is 18.0. The summed E-state index contributed by atoms with van der Waals surface area (Å²) in [5.41, 5.74) is 5.08. The summed E-state index contributed by atoms with van der Waals surface area (Å²) in [5, 5.41) is 0. The summed E-state index contributed by atoms with van der Waals surface area (Å²) in [4.78, 5) is 2.69. The number of quaternary nitrogens is 2. The third kappa shape index (κ3) is 4.33. The summed E-state index contributed by atoms with van der Waals surface area (Å²) in [5.74, 6) is 0. The lowest BCUT2D eigenvalue weighted by atomic mass is 10.0. The van der Waals surface area contributed by atoms with Crippen molar-refractivity contribution in [1.82, 2.24) is 0 Å². The molecule has 4 aromatic carbocycles. The molecule has 0 atom stereocenters. The summed E-state index contributed by atoms with van der Waals surface area (Å²) in [6, 6.07) is 43.4. The van der Waals surface area contributed by atoms with E-state index in [0.29, 0.717) is 0 Å². The third-order valence-electron chi connectivity index (χ3n) is 6.06. The Kier molecular flexibility index (Phi) is 6.07. The highest BCUT2D eigenvalue weighted by atomic mass is 15.2. The van der Waals surface area contributed by atoms with Gasteiger partial charge in [0.25, 0.3) is 0 Å². The number of benzene rings is 4. The Labute approximate surface area is 190 Å². The van der Waals surface area contributed by atoms with Crippen molar-refractivity contribution in [2.24, 2.45) is 0 Å². The largest absolute Gasteiger partial charge is 0.261 e. The van der Waals surface area contributed by atoms with Gasteiger partial charge in [-0.25, -0.2) is 0 Å². The molecule has 0 bridgehead atoms. The second kappa shape index (κ2) is 9.61. The number of hydrogen-bond acceptors (Lipinski definition) is 0. The van der Waals surface area contributed by atoms with E-state index in [1.807, 2.05) is 0 Å². The summed E-state index contributed by atoms with van der Waals surface area (Å²) >= 11 is 0. The van der Waals surface area contributed by atoms with Crippen molar-refractivity contribution in [3.05, 3.63) is 146 Å². The van der Waals surface area contributed by atoms with Crippen LogP contribution in [-0.4, -0.2) is 12.1 Å². The van der Waals surface area contributed by atoms with Gasteiger partial charge < -0.3 is 0 Å². The molecular weight excluding hydrogens is 388 g/mol. The molecule has 2 nitrogen and oxygen atoms in total. The Morgan fingerprint density at radius 1 is 0.312 bits per heavy atom. The molecule has 0 heterocycles. The molecule has 0 radical (unpaired) electrons. The lowest BCUT2D eigenvalue weighted by Crippen LogP contribution is -3.08. The molecule has 2 heteroatoms. The van der Waals surface area contributed by atoms with Gasteiger partial charge in [0, 0.05) is 0 Å². The molecule has 0 aromatic heterocycles. The predicted molar refractivity (Wildman–Crippen MR) is 132 cm³/mol. The van der Waals surface area contributed by atoms with Gasteiger partial charge in [0.1, 0.15) is 34.8 Å². The molecular formula is C30H28N2+2. The van der Waals surface area contributed by atoms with Crippen molar-refractivity contribution in [2.75, 3.05) is 0 Å². The van der Waals surface area contributed by atoms with E-state index in [-0.39, 0.29) is 12.1 Å². The number of nitrogens with one attached hydrogen (secondary N) is 2. The Morgan fingerprint density at radius 3 is 0.750 bits per heavy atom. The lowest BCUT2D eigenvalue weighted by Gasteiger charge is -2.29. The van der Waals surface area contributed by atoms with Gasteiger partial charge in [-0.15, -0.1) is 0 Å². The fourth-order valence-corrected chi connectivity index (χ4v) is 4.57. The molecule has 2 N–H and O–H groups in total. The minimum Gasteiger partial charge on any atom is -0.261 e. The van der Waals surface area contributed by atoms with Gasteiger partial charge in [-0.1, -0.05) is 72.8 Å². The highest BCUT2D eigenvalue weighted by Crippen LogP contribution is 2.15. The summed E-state index contributed by atoms with van der Waals surface area (Å²) in [7, 11) is 0. The van der Waals surface area contributed by atoms with E-state index in [4.69, 9.17) is 0 Å². The van der Waals surface area contributed by atoms with Gasteiger partial charge in [-0.3, -0.25) is 9.80 Å². The van der Waals surface area contributed by atoms with Crippen LogP contribution >= 0.6 is 0 Å². The molecule has 4 aromatic rings. The molecule has 0 saturated heterocycles. The van der Waals surface area contributed by atoms with Gasteiger partial charge in [0.15, 0.2) is 0 Å². The lowest BCUT2D eigenvalue weighted by molar-refractivity contribution is -0.781. The molecule has 0 fully saturated rings. The van der Waals surface area contributed by atoms with Crippen molar-refractivity contribution >= 4 is 22.7 Å². The van der Waals surface area contributed by atoms with Crippen LogP contribution in [0.25, 0.3) is 0 Å². The summed E-state index contributed by atoms with van der Waals surface area (Å²) < 4.78 is 0. The first-order valence-electron chi connectivity index (χ1n) is 11.2. The van der Waals surface area contributed by atoms with Crippen molar-refractivity contribution in [1.29, 1.82) is 0 Å². The molecule has 0 amide bonds. The number of para-hydroxylation sites is 4. The average molecular weight is 417 g/mol. The van der Waals surface area contributed by atoms with Crippen molar-refractivity contribution in [3.8, 4) is 0 Å². The normalized spacial score (nSPS) is 17.7. The Balaban J connectivity index is 1.48. The van der Waals surface area contributed by atoms with Gasteiger partial charge in [0.2, 0.25) is 0 Å². The van der Waals surface area contributed by atoms with Crippen LogP contribution in [0.2, 0.25) is 0 Å². The van der Waals surface area contributed by atoms with Crippen molar-refractivity contribution in [2.45, 2.75) is 12.1 Å². The summed E-state index contributed by atoms with van der Waals surface area (Å²) in [6.45, 7) is 0. The first kappa shape index (κ1) is 20.2. The van der Waals surface area contributed by atoms with Crippen LogP contribution in [0.3, 0.4) is 0 Å². The van der Waals surface area contributed by atoms with Crippen molar-refractivity contribution < 1.29 is 9.80 Å². The topological polar surface area (TPSA) is 8.88 Å². The second-order valence-corrected chi connectivity index (χ2v) is 8.11. The zero-order chi connectivity index (χ0) is 21.6. The van der Waals surface area contributed by atoms with Crippen LogP contribution in [-0.2, 0) is 0 Å². The van der Waals surface area contributed by atoms with Crippen LogP contribution in [0, 0.1) is 0 Å². The number of rotatable bonds is 6. The van der Waals surface area contributed by atoms with E-state index >= 15 is 0 Å². The number of hydrogen-bond donors (Lipinski definition) is 2. The maximum absolute atomic E-state index is 2.37. The van der Waals surface area contributed by atoms with Crippen LogP contribution in [0.15, 0.2) is 146 Å². The SMILES string of the molecule is C1=CC([NH+](c2ccccc2)c2ccccc2)C=CC1[NH+](c1ccccc1)c1ccccc1. The van der Waals surface area contributed by atoms with Crippen LogP contribution in [0.1, 0.15) is 0 Å². The smallest absolute Gasteiger partial charge is 0.136 e. The van der Waals surface area contributed by atoms with Gasteiger partial charge >= 0.3 is 0 Å². The Morgan fingerprint density at radius 2 is 0.531 bits per heavy atom. The van der Waals surface area contributed by atoms with Crippen LogP contribution in [0.4, 0.5) is 22.7 Å². The van der Waals surface area contributed by atoms with E-state index in [0.717, 1.165) is 0 Å². The zero-order valence-electron chi connectivity index (χ0n) is 18.0.